The number of hydrogen-bond acceptors (Lipinski definition) is 4. The topological polar surface area (TPSA) is 75.9 Å². The summed E-state index contributed by atoms with van der Waals surface area (Å²) in [5, 5.41) is 0. The number of benzene rings is 1. The Morgan fingerprint density at radius 1 is 1.31 bits per heavy atom. The maximum atomic E-state index is 12.6. The number of nitrogens with zero attached hydrogens (tertiary/aromatic N) is 2. The van der Waals surface area contributed by atoms with Crippen molar-refractivity contribution in [1.29, 1.82) is 0 Å². The van der Waals surface area contributed by atoms with Crippen LogP contribution in [0.2, 0.25) is 0 Å². The van der Waals surface area contributed by atoms with E-state index in [2.05, 4.69) is 0 Å². The van der Waals surface area contributed by atoms with Gasteiger partial charge in [-0.1, -0.05) is 44.2 Å². The van der Waals surface area contributed by atoms with E-state index in [9.17, 15) is 9.59 Å². The molecule has 0 radical (unpaired) electrons. The van der Waals surface area contributed by atoms with Crippen LogP contribution in [0.25, 0.3) is 0 Å². The van der Waals surface area contributed by atoms with Crippen LogP contribution < -0.4 is 5.73 Å². The number of likely N-dealkylation sites (N-methyl/N-ethyl adjacent to an activating group) is 1. The summed E-state index contributed by atoms with van der Waals surface area (Å²) < 4.78 is 5.46. The zero-order valence-corrected chi connectivity index (χ0v) is 16.1. The zero-order chi connectivity index (χ0) is 19.1. The van der Waals surface area contributed by atoms with E-state index < -0.39 is 6.04 Å². The first-order valence-corrected chi connectivity index (χ1v) is 9.45. The van der Waals surface area contributed by atoms with Gasteiger partial charge in [-0.3, -0.25) is 4.79 Å². The number of rotatable bonds is 7. The summed E-state index contributed by atoms with van der Waals surface area (Å²) in [5.41, 5.74) is 6.98. The molecular formula is C20H31N3O3. The molecule has 1 aromatic rings. The fraction of sp³-hybridized carbons (Fsp3) is 0.600. The van der Waals surface area contributed by atoms with Crippen molar-refractivity contribution >= 4 is 12.0 Å². The van der Waals surface area contributed by atoms with Gasteiger partial charge in [0.15, 0.2) is 0 Å². The van der Waals surface area contributed by atoms with Crippen molar-refractivity contribution in [3.63, 3.8) is 0 Å². The van der Waals surface area contributed by atoms with Gasteiger partial charge in [0.2, 0.25) is 5.91 Å². The summed E-state index contributed by atoms with van der Waals surface area (Å²) >= 11 is 0. The van der Waals surface area contributed by atoms with Gasteiger partial charge in [-0.2, -0.15) is 0 Å². The van der Waals surface area contributed by atoms with Crippen molar-refractivity contribution in [3.8, 4) is 0 Å². The number of nitrogens with two attached hydrogens (primary N) is 1. The highest BCUT2D eigenvalue weighted by atomic mass is 16.6. The quantitative estimate of drug-likeness (QED) is 0.810. The number of carbonyl (C=O) groups is 2. The first-order valence-electron chi connectivity index (χ1n) is 9.45. The van der Waals surface area contributed by atoms with E-state index in [-0.39, 0.29) is 30.6 Å². The molecule has 0 saturated carbocycles. The van der Waals surface area contributed by atoms with Crippen molar-refractivity contribution in [3.05, 3.63) is 35.9 Å². The van der Waals surface area contributed by atoms with Gasteiger partial charge < -0.3 is 20.3 Å². The van der Waals surface area contributed by atoms with Gasteiger partial charge in [0.1, 0.15) is 6.61 Å². The predicted molar refractivity (Wildman–Crippen MR) is 101 cm³/mol. The Balaban J connectivity index is 1.93. The van der Waals surface area contributed by atoms with Crippen molar-refractivity contribution in [2.45, 2.75) is 52.3 Å². The Morgan fingerprint density at radius 2 is 2.00 bits per heavy atom. The fourth-order valence-electron chi connectivity index (χ4n) is 3.19. The van der Waals surface area contributed by atoms with E-state index in [4.69, 9.17) is 10.5 Å². The summed E-state index contributed by atoms with van der Waals surface area (Å²) in [6.07, 6.45) is 1.49. The molecule has 1 aromatic carbocycles. The molecule has 1 aliphatic heterocycles. The van der Waals surface area contributed by atoms with Gasteiger partial charge in [0.25, 0.3) is 0 Å². The Labute approximate surface area is 156 Å². The van der Waals surface area contributed by atoms with Crippen LogP contribution in [0.4, 0.5) is 4.79 Å². The first kappa shape index (κ1) is 20.2. The number of carbonyl (C=O) groups excluding carboxylic acids is 2. The monoisotopic (exact) mass is 361 g/mol. The highest BCUT2D eigenvalue weighted by Crippen LogP contribution is 2.20. The fourth-order valence-corrected chi connectivity index (χ4v) is 3.19. The highest BCUT2D eigenvalue weighted by molar-refractivity contribution is 5.82. The standard InChI is InChI=1S/C20H31N3O3/c1-4-22(19(24)18(21)15(2)3)13-17-11-8-12-23(17)20(25)26-14-16-9-6-5-7-10-16/h5-7,9-10,15,17-18H,4,8,11-14,21H2,1-3H3/t17?,18-/m0/s1. The molecule has 2 atom stereocenters. The average molecular weight is 361 g/mol. The van der Waals surface area contributed by atoms with Gasteiger partial charge in [-0.05, 0) is 31.2 Å². The lowest BCUT2D eigenvalue weighted by atomic mass is 10.0. The molecule has 0 aliphatic carbocycles. The maximum Gasteiger partial charge on any atom is 0.410 e. The van der Waals surface area contributed by atoms with Crippen molar-refractivity contribution in [2.75, 3.05) is 19.6 Å². The van der Waals surface area contributed by atoms with Gasteiger partial charge in [0, 0.05) is 19.6 Å². The SMILES string of the molecule is CCN(CC1CCCN1C(=O)OCc1ccccc1)C(=O)[C@@H](N)C(C)C. The molecule has 1 unspecified atom stereocenters. The van der Waals surface area contributed by atoms with Crippen LogP contribution in [0.5, 0.6) is 0 Å². The van der Waals surface area contributed by atoms with Crippen LogP contribution in [0, 0.1) is 5.92 Å². The lowest BCUT2D eigenvalue weighted by molar-refractivity contribution is -0.134. The second-order valence-corrected chi connectivity index (χ2v) is 7.18. The first-order chi connectivity index (χ1) is 12.4. The Bertz CT molecular complexity index is 591. The molecule has 6 nitrogen and oxygen atoms in total. The van der Waals surface area contributed by atoms with Crippen LogP contribution in [0.1, 0.15) is 39.2 Å². The molecule has 26 heavy (non-hydrogen) atoms. The van der Waals surface area contributed by atoms with E-state index >= 15 is 0 Å². The van der Waals surface area contributed by atoms with Crippen LogP contribution in [0.15, 0.2) is 30.3 Å². The third-order valence-electron chi connectivity index (χ3n) is 4.94. The molecule has 144 valence electrons. The number of likely N-dealkylation sites (tertiary alicyclic amines) is 1. The molecule has 6 heteroatoms. The molecule has 2 amide bonds. The van der Waals surface area contributed by atoms with Crippen LogP contribution in [-0.4, -0.2) is 53.5 Å². The Morgan fingerprint density at radius 3 is 2.62 bits per heavy atom. The van der Waals surface area contributed by atoms with E-state index in [1.54, 1.807) is 9.80 Å². The molecule has 0 bridgehead atoms. The van der Waals surface area contributed by atoms with Crippen molar-refractivity contribution < 1.29 is 14.3 Å². The van der Waals surface area contributed by atoms with E-state index in [0.717, 1.165) is 18.4 Å². The van der Waals surface area contributed by atoms with Gasteiger partial charge in [-0.25, -0.2) is 4.79 Å². The molecule has 1 heterocycles. The molecule has 2 N–H and O–H groups in total. The van der Waals surface area contributed by atoms with Crippen LogP contribution in [0.3, 0.4) is 0 Å². The number of ether oxygens (including phenoxy) is 1. The van der Waals surface area contributed by atoms with E-state index in [1.807, 2.05) is 51.1 Å². The Kier molecular flexibility index (Phi) is 7.45. The normalized spacial score (nSPS) is 18.0. The second kappa shape index (κ2) is 9.57. The van der Waals surface area contributed by atoms with Gasteiger partial charge >= 0.3 is 6.09 Å². The minimum absolute atomic E-state index is 0.0125. The minimum Gasteiger partial charge on any atom is -0.445 e. The van der Waals surface area contributed by atoms with Crippen LogP contribution in [-0.2, 0) is 16.1 Å². The lowest BCUT2D eigenvalue weighted by Gasteiger charge is -2.32. The third-order valence-corrected chi connectivity index (χ3v) is 4.94. The predicted octanol–water partition coefficient (Wildman–Crippen LogP) is 2.62. The minimum atomic E-state index is -0.505. The van der Waals surface area contributed by atoms with E-state index in [1.165, 1.54) is 0 Å². The smallest absolute Gasteiger partial charge is 0.410 e. The lowest BCUT2D eigenvalue weighted by Crippen LogP contribution is -2.51. The van der Waals surface area contributed by atoms with Gasteiger partial charge in [0.05, 0.1) is 12.1 Å². The molecule has 0 aromatic heterocycles. The molecular weight excluding hydrogens is 330 g/mol. The van der Waals surface area contributed by atoms with Crippen LogP contribution >= 0.6 is 0 Å². The third kappa shape index (κ3) is 5.21. The van der Waals surface area contributed by atoms with Gasteiger partial charge in [-0.15, -0.1) is 0 Å². The maximum absolute atomic E-state index is 12.6. The van der Waals surface area contributed by atoms with Crippen molar-refractivity contribution in [1.82, 2.24) is 9.80 Å². The summed E-state index contributed by atoms with van der Waals surface area (Å²) in [6, 6.07) is 9.12. The molecule has 0 spiro atoms. The van der Waals surface area contributed by atoms with Crippen molar-refractivity contribution in [2.24, 2.45) is 11.7 Å². The Hall–Kier alpha value is -2.08. The number of hydrogen-bond donors (Lipinski definition) is 1. The molecule has 1 aliphatic rings. The van der Waals surface area contributed by atoms with E-state index in [0.29, 0.717) is 19.6 Å². The summed E-state index contributed by atoms with van der Waals surface area (Å²) in [7, 11) is 0. The summed E-state index contributed by atoms with van der Waals surface area (Å²) in [5.74, 6) is 0.0408. The second-order valence-electron chi connectivity index (χ2n) is 7.18. The molecule has 1 fully saturated rings. The number of amides is 2. The zero-order valence-electron chi connectivity index (χ0n) is 16.1. The summed E-state index contributed by atoms with van der Waals surface area (Å²) in [4.78, 5) is 28.6. The summed E-state index contributed by atoms with van der Waals surface area (Å²) in [6.45, 7) is 7.85. The average Bonchev–Trinajstić information content (AvgIpc) is 3.12. The molecule has 1 saturated heterocycles. The highest BCUT2D eigenvalue weighted by Gasteiger charge is 2.33. The largest absolute Gasteiger partial charge is 0.445 e. The molecule has 2 rings (SSSR count).